The highest BCUT2D eigenvalue weighted by Gasteiger charge is 2.21. The monoisotopic (exact) mass is 775 g/mol. The predicted molar refractivity (Wildman–Crippen MR) is 221 cm³/mol. The summed E-state index contributed by atoms with van der Waals surface area (Å²) in [6.07, 6.45) is 29.4. The molecule has 0 saturated heterocycles. The first kappa shape index (κ1) is 40.8. The predicted octanol–water partition coefficient (Wildman–Crippen LogP) is 10.5. The highest BCUT2D eigenvalue weighted by molar-refractivity contribution is 5.73. The van der Waals surface area contributed by atoms with Crippen molar-refractivity contribution in [2.24, 2.45) is 0 Å². The van der Waals surface area contributed by atoms with Gasteiger partial charge in [-0.1, -0.05) is 67.0 Å². The molecule has 0 spiro atoms. The second-order valence-corrected chi connectivity index (χ2v) is 14.6. The molecule has 2 aromatic rings. The van der Waals surface area contributed by atoms with Crippen molar-refractivity contribution in [1.29, 1.82) is 0 Å². The molecule has 2 N–H and O–H groups in total. The Morgan fingerprint density at radius 1 is 0.754 bits per heavy atom. The van der Waals surface area contributed by atoms with E-state index in [1.165, 1.54) is 5.57 Å². The third-order valence-corrected chi connectivity index (χ3v) is 10.2. The van der Waals surface area contributed by atoms with Crippen molar-refractivity contribution >= 4 is 29.1 Å². The summed E-state index contributed by atoms with van der Waals surface area (Å²) < 4.78 is 30.5. The minimum Gasteiger partial charge on any atom is -0.493 e. The molecule has 2 heterocycles. The zero-order valence-corrected chi connectivity index (χ0v) is 32.8. The quantitative estimate of drug-likeness (QED) is 0.118. The molecule has 300 valence electrons. The van der Waals surface area contributed by atoms with Gasteiger partial charge < -0.3 is 38.8 Å². The lowest BCUT2D eigenvalue weighted by Crippen LogP contribution is -2.19. The van der Waals surface area contributed by atoms with Gasteiger partial charge in [-0.3, -0.25) is 9.59 Å². The summed E-state index contributed by atoms with van der Waals surface area (Å²) in [7, 11) is 2.09. The number of unbranched alkanes of at least 4 members (excludes halogenated alkanes) is 3. The van der Waals surface area contributed by atoms with Gasteiger partial charge in [-0.25, -0.2) is 0 Å². The fourth-order valence-electron chi connectivity index (χ4n) is 7.15. The Hall–Kier alpha value is -5.90. The number of aryl methyl sites for hydroxylation is 1. The van der Waals surface area contributed by atoms with Crippen molar-refractivity contribution in [2.75, 3.05) is 25.1 Å². The van der Waals surface area contributed by atoms with Gasteiger partial charge in [0.25, 0.3) is 0 Å². The van der Waals surface area contributed by atoms with E-state index in [2.05, 4.69) is 54.5 Å². The average molecular weight is 776 g/mol. The highest BCUT2D eigenvalue weighted by atomic mass is 16.5. The SMILES string of the molecule is CN(CCCCCCc1cccc(OCCCC(=O)O)c1CCC(=O)O)c1cc(C2=COC=C(CC3=CC=CCC3)O2)cc(C2=COC=C(C3=CC=CCC3)O2)c1. The minimum atomic E-state index is -0.864. The van der Waals surface area contributed by atoms with E-state index in [1.54, 1.807) is 25.0 Å². The van der Waals surface area contributed by atoms with Crippen LogP contribution in [0.15, 0.2) is 121 Å². The summed E-state index contributed by atoms with van der Waals surface area (Å²) >= 11 is 0. The van der Waals surface area contributed by atoms with Gasteiger partial charge in [-0.2, -0.15) is 0 Å². The van der Waals surface area contributed by atoms with Crippen molar-refractivity contribution in [3.63, 3.8) is 0 Å². The summed E-state index contributed by atoms with van der Waals surface area (Å²) in [5.74, 6) is 1.63. The Balaban J connectivity index is 1.09. The third kappa shape index (κ3) is 12.3. The number of carbonyl (C=O) groups is 2. The first-order chi connectivity index (χ1) is 27.8. The van der Waals surface area contributed by atoms with E-state index in [0.717, 1.165) is 104 Å². The Morgan fingerprint density at radius 2 is 1.47 bits per heavy atom. The number of allylic oxidation sites excluding steroid dienone is 8. The van der Waals surface area contributed by atoms with E-state index in [9.17, 15) is 14.7 Å². The molecule has 0 saturated carbocycles. The van der Waals surface area contributed by atoms with E-state index in [4.69, 9.17) is 28.8 Å². The van der Waals surface area contributed by atoms with Gasteiger partial charge >= 0.3 is 11.9 Å². The number of aliphatic carboxylic acids is 2. The van der Waals surface area contributed by atoms with Crippen molar-refractivity contribution in [3.05, 3.63) is 143 Å². The minimum absolute atomic E-state index is 0.00607. The average Bonchev–Trinajstić information content (AvgIpc) is 3.23. The topological polar surface area (TPSA) is 124 Å². The van der Waals surface area contributed by atoms with Crippen LogP contribution in [0.3, 0.4) is 0 Å². The van der Waals surface area contributed by atoms with Crippen LogP contribution in [0.2, 0.25) is 0 Å². The zero-order valence-electron chi connectivity index (χ0n) is 32.8. The maximum absolute atomic E-state index is 11.4. The lowest BCUT2D eigenvalue weighted by molar-refractivity contribution is -0.138. The van der Waals surface area contributed by atoms with E-state index in [0.29, 0.717) is 42.3 Å². The first-order valence-electron chi connectivity index (χ1n) is 20.0. The summed E-state index contributed by atoms with van der Waals surface area (Å²) in [5, 5.41) is 18.3. The summed E-state index contributed by atoms with van der Waals surface area (Å²) in [4.78, 5) is 24.6. The molecule has 0 fully saturated rings. The van der Waals surface area contributed by atoms with Gasteiger partial charge in [-0.15, -0.1) is 0 Å². The van der Waals surface area contributed by atoms with Crippen LogP contribution in [-0.4, -0.2) is 42.4 Å². The number of ether oxygens (including phenoxy) is 5. The van der Waals surface area contributed by atoms with Crippen LogP contribution in [0.25, 0.3) is 11.5 Å². The van der Waals surface area contributed by atoms with Crippen LogP contribution >= 0.6 is 0 Å². The second kappa shape index (κ2) is 20.9. The Labute approximate surface area is 335 Å². The van der Waals surface area contributed by atoms with Crippen LogP contribution in [0.5, 0.6) is 5.75 Å². The number of carboxylic acids is 2. The van der Waals surface area contributed by atoms with Gasteiger partial charge in [0.1, 0.15) is 36.6 Å². The highest BCUT2D eigenvalue weighted by Crippen LogP contribution is 2.36. The smallest absolute Gasteiger partial charge is 0.303 e. The van der Waals surface area contributed by atoms with Crippen molar-refractivity contribution in [3.8, 4) is 5.75 Å². The number of carboxylic acid groups (broad SMARTS) is 2. The third-order valence-electron chi connectivity index (χ3n) is 10.2. The molecule has 0 amide bonds. The molecule has 2 aliphatic carbocycles. The lowest BCUT2D eigenvalue weighted by Gasteiger charge is -2.25. The van der Waals surface area contributed by atoms with E-state index >= 15 is 0 Å². The molecule has 0 unspecified atom stereocenters. The Kier molecular flexibility index (Phi) is 14.9. The van der Waals surface area contributed by atoms with Crippen LogP contribution < -0.4 is 9.64 Å². The van der Waals surface area contributed by atoms with E-state index < -0.39 is 11.9 Å². The van der Waals surface area contributed by atoms with E-state index in [1.807, 2.05) is 30.3 Å². The van der Waals surface area contributed by atoms with Crippen molar-refractivity contribution < 1.29 is 43.5 Å². The maximum atomic E-state index is 11.4. The summed E-state index contributed by atoms with van der Waals surface area (Å²) in [5.41, 5.74) is 7.11. The molecular weight excluding hydrogens is 723 g/mol. The molecule has 10 heteroatoms. The van der Waals surface area contributed by atoms with Gasteiger partial charge in [0.15, 0.2) is 17.3 Å². The molecule has 4 aliphatic rings. The van der Waals surface area contributed by atoms with Gasteiger partial charge in [0.05, 0.1) is 6.61 Å². The normalized spacial score (nSPS) is 15.9. The van der Waals surface area contributed by atoms with Crippen LogP contribution in [0, 0.1) is 0 Å². The standard InChI is InChI=1S/C47H53NO9/c1-48(24-11-3-2-8-16-35-19-12-20-42(41(35)22-23-47(51)52)55-25-13-21-46(49)50)39-28-37(44-32-53-30-40(56-44)26-34-14-6-4-7-15-34)27-38(29-39)45-33-54-31-43(57-45)36-17-9-5-10-18-36/h4-6,9,12,14,17,19-20,27-33H,2-3,7-8,10-11,13,15-16,18,21-26H2,1H3,(H,49,50)(H,51,52). The number of nitrogens with zero attached hydrogens (tertiary/aromatic N) is 1. The van der Waals surface area contributed by atoms with Crippen molar-refractivity contribution in [2.45, 2.75) is 89.9 Å². The number of benzene rings is 2. The molecule has 57 heavy (non-hydrogen) atoms. The van der Waals surface area contributed by atoms with Crippen LogP contribution in [0.1, 0.15) is 99.3 Å². The summed E-state index contributed by atoms with van der Waals surface area (Å²) in [6.45, 7) is 1.10. The molecule has 0 bridgehead atoms. The molecule has 2 aliphatic heterocycles. The molecular formula is C47H53NO9. The first-order valence-corrected chi connectivity index (χ1v) is 20.0. The van der Waals surface area contributed by atoms with E-state index in [-0.39, 0.29) is 19.4 Å². The molecule has 0 aromatic heterocycles. The number of rotatable bonds is 21. The van der Waals surface area contributed by atoms with Crippen LogP contribution in [-0.2, 0) is 41.4 Å². The molecule has 0 radical (unpaired) electrons. The number of hydrogen-bond donors (Lipinski definition) is 2. The molecule has 6 rings (SSSR count). The lowest BCUT2D eigenvalue weighted by atomic mass is 9.96. The van der Waals surface area contributed by atoms with Gasteiger partial charge in [0.2, 0.25) is 0 Å². The Morgan fingerprint density at radius 3 is 2.21 bits per heavy atom. The zero-order chi connectivity index (χ0) is 39.8. The Bertz CT molecular complexity index is 2010. The van der Waals surface area contributed by atoms with Crippen LogP contribution in [0.4, 0.5) is 5.69 Å². The largest absolute Gasteiger partial charge is 0.493 e. The van der Waals surface area contributed by atoms with Crippen molar-refractivity contribution in [1.82, 2.24) is 0 Å². The maximum Gasteiger partial charge on any atom is 0.303 e. The molecule has 2 aromatic carbocycles. The fraction of sp³-hybridized carbons (Fsp3) is 0.362. The van der Waals surface area contributed by atoms with Gasteiger partial charge in [0, 0.05) is 49.7 Å². The van der Waals surface area contributed by atoms with Gasteiger partial charge in [-0.05, 0) is 98.8 Å². The summed E-state index contributed by atoms with van der Waals surface area (Å²) in [6, 6.07) is 12.1. The molecule has 0 atom stereocenters. The number of anilines is 1. The fourth-order valence-corrected chi connectivity index (χ4v) is 7.15. The number of hydrogen-bond acceptors (Lipinski definition) is 8. The second-order valence-electron chi connectivity index (χ2n) is 14.6. The molecule has 10 nitrogen and oxygen atoms in total.